The zero-order valence-electron chi connectivity index (χ0n) is 23.6. The van der Waals surface area contributed by atoms with Gasteiger partial charge in [-0.05, 0) is 70.1 Å². The molecule has 0 bridgehead atoms. The van der Waals surface area contributed by atoms with Crippen molar-refractivity contribution in [3.05, 3.63) is 29.8 Å². The molecule has 0 saturated heterocycles. The van der Waals surface area contributed by atoms with Gasteiger partial charge in [0.2, 0.25) is 11.8 Å². The highest BCUT2D eigenvalue weighted by molar-refractivity contribution is 5.92. The second-order valence-corrected chi connectivity index (χ2v) is 11.2. The van der Waals surface area contributed by atoms with Crippen LogP contribution >= 0.6 is 0 Å². The van der Waals surface area contributed by atoms with E-state index in [9.17, 15) is 24.3 Å². The molecule has 0 heterocycles. The molecule has 10 nitrogen and oxygen atoms in total. The molecule has 0 aliphatic heterocycles. The molecule has 1 aliphatic carbocycles. The lowest BCUT2D eigenvalue weighted by molar-refractivity contribution is -0.145. The first kappa shape index (κ1) is 30.9. The summed E-state index contributed by atoms with van der Waals surface area (Å²) in [5, 5.41) is 15.3. The third kappa shape index (κ3) is 9.54. The van der Waals surface area contributed by atoms with Crippen LogP contribution in [0.2, 0.25) is 0 Å². The average molecular weight is 534 g/mol. The van der Waals surface area contributed by atoms with Crippen LogP contribution in [0.3, 0.4) is 0 Å². The lowest BCUT2D eigenvalue weighted by Crippen LogP contribution is -2.54. The molecule has 38 heavy (non-hydrogen) atoms. The van der Waals surface area contributed by atoms with Crippen LogP contribution in [0.5, 0.6) is 5.75 Å². The molecule has 1 aromatic carbocycles. The minimum atomic E-state index is -1.03. The second-order valence-electron chi connectivity index (χ2n) is 11.2. The van der Waals surface area contributed by atoms with Gasteiger partial charge in [0, 0.05) is 12.6 Å². The predicted octanol–water partition coefficient (Wildman–Crippen LogP) is 3.68. The van der Waals surface area contributed by atoms with Gasteiger partial charge in [0.1, 0.15) is 23.4 Å². The van der Waals surface area contributed by atoms with Gasteiger partial charge in [0.15, 0.2) is 0 Å². The Morgan fingerprint density at radius 2 is 1.74 bits per heavy atom. The van der Waals surface area contributed by atoms with Gasteiger partial charge < -0.3 is 30.1 Å². The number of phenols is 1. The summed E-state index contributed by atoms with van der Waals surface area (Å²) in [5.74, 6) is -1.03. The summed E-state index contributed by atoms with van der Waals surface area (Å²) in [5.41, 5.74) is -0.238. The molecule has 4 unspecified atom stereocenters. The van der Waals surface area contributed by atoms with Crippen molar-refractivity contribution in [2.24, 2.45) is 11.8 Å². The molecule has 1 aromatic rings. The molecule has 3 amide bonds. The lowest BCUT2D eigenvalue weighted by Gasteiger charge is -2.35. The van der Waals surface area contributed by atoms with Crippen LogP contribution in [0.15, 0.2) is 24.3 Å². The van der Waals surface area contributed by atoms with Crippen LogP contribution in [-0.4, -0.2) is 64.7 Å². The van der Waals surface area contributed by atoms with Crippen LogP contribution in [0.25, 0.3) is 0 Å². The maximum atomic E-state index is 14.1. The monoisotopic (exact) mass is 533 g/mol. The molecule has 1 fully saturated rings. The van der Waals surface area contributed by atoms with Crippen molar-refractivity contribution in [1.82, 2.24) is 15.5 Å². The number of ether oxygens (including phenoxy) is 2. The molecule has 3 N–H and O–H groups in total. The highest BCUT2D eigenvalue weighted by Gasteiger charge is 2.48. The zero-order chi connectivity index (χ0) is 28.6. The fourth-order valence-corrected chi connectivity index (χ4v) is 4.21. The van der Waals surface area contributed by atoms with Crippen molar-refractivity contribution in [2.75, 3.05) is 13.2 Å². The quantitative estimate of drug-likeness (QED) is 0.349. The Balaban J connectivity index is 2.41. The number of phenolic OH excluding ortho intramolecular Hbond substituents is 1. The van der Waals surface area contributed by atoms with Crippen molar-refractivity contribution in [3.8, 4) is 5.75 Å². The number of carbonyl (C=O) groups is 4. The molecular formula is C28H43N3O7. The number of amides is 3. The van der Waals surface area contributed by atoms with Gasteiger partial charge in [-0.15, -0.1) is 0 Å². The molecule has 0 radical (unpaired) electrons. The summed E-state index contributed by atoms with van der Waals surface area (Å²) < 4.78 is 10.3. The third-order valence-electron chi connectivity index (χ3n) is 6.04. The average Bonchev–Trinajstić information content (AvgIpc) is 3.51. The normalized spacial score (nSPS) is 18.2. The van der Waals surface area contributed by atoms with E-state index < -0.39 is 41.6 Å². The fourth-order valence-electron chi connectivity index (χ4n) is 4.21. The number of nitrogens with one attached hydrogen (secondary N) is 2. The molecule has 0 aromatic heterocycles. The number of hydrogen-bond acceptors (Lipinski definition) is 7. The Labute approximate surface area is 225 Å². The van der Waals surface area contributed by atoms with E-state index in [0.717, 1.165) is 0 Å². The number of carbonyl (C=O) groups excluding carboxylic acids is 4. The van der Waals surface area contributed by atoms with E-state index in [1.54, 1.807) is 44.7 Å². The summed E-state index contributed by atoms with van der Waals surface area (Å²) in [6, 6.07) is 3.94. The third-order valence-corrected chi connectivity index (χ3v) is 6.04. The Morgan fingerprint density at radius 1 is 1.13 bits per heavy atom. The fraction of sp³-hybridized carbons (Fsp3) is 0.643. The number of nitrogens with zero attached hydrogens (tertiary/aromatic N) is 1. The van der Waals surface area contributed by atoms with E-state index in [0.29, 0.717) is 18.4 Å². The molecular weight excluding hydrogens is 490 g/mol. The van der Waals surface area contributed by atoms with Gasteiger partial charge >= 0.3 is 12.1 Å². The topological polar surface area (TPSA) is 134 Å². The van der Waals surface area contributed by atoms with Gasteiger partial charge in [0.25, 0.3) is 0 Å². The Bertz CT molecular complexity index is 972. The minimum absolute atomic E-state index is 0.00811. The van der Waals surface area contributed by atoms with E-state index in [-0.39, 0.29) is 43.2 Å². The molecule has 1 aliphatic rings. The van der Waals surface area contributed by atoms with Crippen LogP contribution in [-0.2, 0) is 23.9 Å². The first-order chi connectivity index (χ1) is 17.7. The first-order valence-corrected chi connectivity index (χ1v) is 13.3. The van der Waals surface area contributed by atoms with Gasteiger partial charge in [-0.1, -0.05) is 32.9 Å². The molecule has 10 heteroatoms. The van der Waals surface area contributed by atoms with E-state index in [2.05, 4.69) is 10.6 Å². The standard InChI is InChI=1S/C28H43N3O7/c1-8-37-23(33)13-14-29-25(34)24(19-9-11-20(32)12-10-19)31(22-16-18(22)4)26(35)21(15-17(2)3)30-27(36)38-28(5,6)7/h9-12,17-18,21-22,24,32H,8,13-16H2,1-7H3,(H,29,34)(H,30,36). The second kappa shape index (κ2) is 13.5. The molecule has 1 saturated carbocycles. The van der Waals surface area contributed by atoms with E-state index >= 15 is 0 Å². The Kier molecular flexibility index (Phi) is 11.0. The highest BCUT2D eigenvalue weighted by atomic mass is 16.6. The van der Waals surface area contributed by atoms with Gasteiger partial charge in [-0.25, -0.2) is 4.79 Å². The lowest BCUT2D eigenvalue weighted by atomic mass is 9.98. The number of benzene rings is 1. The Morgan fingerprint density at radius 3 is 2.24 bits per heavy atom. The number of esters is 1. The van der Waals surface area contributed by atoms with Crippen LogP contribution in [0.1, 0.15) is 79.3 Å². The summed E-state index contributed by atoms with van der Waals surface area (Å²) in [6.45, 7) is 13.1. The van der Waals surface area contributed by atoms with Gasteiger partial charge in [-0.3, -0.25) is 14.4 Å². The van der Waals surface area contributed by atoms with E-state index in [1.807, 2.05) is 20.8 Å². The van der Waals surface area contributed by atoms with Crippen molar-refractivity contribution >= 4 is 23.9 Å². The number of alkyl carbamates (subject to hydrolysis) is 1. The SMILES string of the molecule is CCOC(=O)CCNC(=O)C(c1ccc(O)cc1)N(C(=O)C(CC(C)C)NC(=O)OC(C)(C)C)C1CC1C. The van der Waals surface area contributed by atoms with Crippen molar-refractivity contribution in [3.63, 3.8) is 0 Å². The van der Waals surface area contributed by atoms with E-state index in [1.165, 1.54) is 12.1 Å². The number of aromatic hydroxyl groups is 1. The maximum absolute atomic E-state index is 14.1. The summed E-state index contributed by atoms with van der Waals surface area (Å²) in [6.07, 6.45) is 0.339. The van der Waals surface area contributed by atoms with Crippen LogP contribution in [0, 0.1) is 11.8 Å². The van der Waals surface area contributed by atoms with Crippen molar-refractivity contribution in [1.29, 1.82) is 0 Å². The molecule has 4 atom stereocenters. The molecule has 212 valence electrons. The first-order valence-electron chi connectivity index (χ1n) is 13.3. The van der Waals surface area contributed by atoms with Gasteiger partial charge in [0.05, 0.1) is 13.0 Å². The minimum Gasteiger partial charge on any atom is -0.508 e. The summed E-state index contributed by atoms with van der Waals surface area (Å²) >= 11 is 0. The Hall–Kier alpha value is -3.30. The summed E-state index contributed by atoms with van der Waals surface area (Å²) in [7, 11) is 0. The van der Waals surface area contributed by atoms with E-state index in [4.69, 9.17) is 9.47 Å². The van der Waals surface area contributed by atoms with Crippen LogP contribution < -0.4 is 10.6 Å². The molecule has 2 rings (SSSR count). The maximum Gasteiger partial charge on any atom is 0.408 e. The zero-order valence-corrected chi connectivity index (χ0v) is 23.6. The smallest absolute Gasteiger partial charge is 0.408 e. The van der Waals surface area contributed by atoms with Gasteiger partial charge in [-0.2, -0.15) is 0 Å². The van der Waals surface area contributed by atoms with Crippen LogP contribution in [0.4, 0.5) is 4.79 Å². The largest absolute Gasteiger partial charge is 0.508 e. The highest BCUT2D eigenvalue weighted by Crippen LogP contribution is 2.41. The van der Waals surface area contributed by atoms with Crippen molar-refractivity contribution in [2.45, 2.75) is 91.5 Å². The molecule has 0 spiro atoms. The number of rotatable bonds is 12. The predicted molar refractivity (Wildman–Crippen MR) is 142 cm³/mol. The summed E-state index contributed by atoms with van der Waals surface area (Å²) in [4.78, 5) is 53.7. The van der Waals surface area contributed by atoms with Crippen molar-refractivity contribution < 1.29 is 33.8 Å². The number of hydrogen-bond donors (Lipinski definition) is 3.